The van der Waals surface area contributed by atoms with Crippen LogP contribution in [0.3, 0.4) is 0 Å². The average molecular weight is 426 g/mol. The van der Waals surface area contributed by atoms with Gasteiger partial charge in [-0.2, -0.15) is 4.31 Å². The predicted molar refractivity (Wildman–Crippen MR) is 110 cm³/mol. The Morgan fingerprint density at radius 3 is 2.48 bits per heavy atom. The number of rotatable bonds is 10. The largest absolute Gasteiger partial charge is 0.480 e. The Kier molecular flexibility index (Phi) is 8.18. The molecule has 8 nitrogen and oxygen atoms in total. The summed E-state index contributed by atoms with van der Waals surface area (Å²) in [5.74, 6) is -1.00. The Balaban J connectivity index is 2.10. The normalized spacial score (nSPS) is 18.7. The minimum atomic E-state index is -3.76. The molecular formula is C20H31N3O5S. The van der Waals surface area contributed by atoms with E-state index in [1.54, 1.807) is 24.3 Å². The number of carbonyl (C=O) groups excluding carboxylic acids is 1. The van der Waals surface area contributed by atoms with Gasteiger partial charge in [0, 0.05) is 19.1 Å². The van der Waals surface area contributed by atoms with Gasteiger partial charge in [0.1, 0.15) is 6.04 Å². The fourth-order valence-electron chi connectivity index (χ4n) is 3.55. The van der Waals surface area contributed by atoms with E-state index in [0.717, 1.165) is 5.56 Å². The number of aliphatic carboxylic acids is 1. The number of carboxylic acids is 1. The van der Waals surface area contributed by atoms with Gasteiger partial charge in [0.15, 0.2) is 0 Å². The first-order valence-corrected chi connectivity index (χ1v) is 11.4. The molecule has 1 amide bonds. The highest BCUT2D eigenvalue weighted by atomic mass is 32.2. The number of carbonyl (C=O) groups is 2. The van der Waals surface area contributed by atoms with Crippen molar-refractivity contribution in [1.82, 2.24) is 14.9 Å². The lowest BCUT2D eigenvalue weighted by atomic mass is 10.0. The molecule has 2 rings (SSSR count). The van der Waals surface area contributed by atoms with Crippen LogP contribution in [0.5, 0.6) is 0 Å². The maximum atomic E-state index is 13.0. The van der Waals surface area contributed by atoms with Gasteiger partial charge in [0.2, 0.25) is 15.9 Å². The second kappa shape index (κ2) is 10.2. The highest BCUT2D eigenvalue weighted by Gasteiger charge is 2.39. The Morgan fingerprint density at radius 1 is 1.24 bits per heavy atom. The lowest BCUT2D eigenvalue weighted by Gasteiger charge is -2.27. The SMILES string of the molecule is Cc1ccc(S(=O)(=O)N2CCC[C@@H]2C(=O)N[C@H](CNCC(=O)O)CC(C)C)cc1. The van der Waals surface area contributed by atoms with Crippen LogP contribution in [0.25, 0.3) is 0 Å². The zero-order chi connectivity index (χ0) is 21.6. The van der Waals surface area contributed by atoms with Crippen molar-refractivity contribution in [3.63, 3.8) is 0 Å². The molecule has 29 heavy (non-hydrogen) atoms. The Hall–Kier alpha value is -1.97. The third-order valence-electron chi connectivity index (χ3n) is 4.90. The van der Waals surface area contributed by atoms with Crippen LogP contribution in [-0.2, 0) is 19.6 Å². The number of nitrogens with one attached hydrogen (secondary N) is 2. The van der Waals surface area contributed by atoms with Gasteiger partial charge in [-0.1, -0.05) is 31.5 Å². The van der Waals surface area contributed by atoms with Crippen LogP contribution >= 0.6 is 0 Å². The maximum absolute atomic E-state index is 13.0. The van der Waals surface area contributed by atoms with Crippen molar-refractivity contribution in [2.75, 3.05) is 19.6 Å². The molecule has 0 radical (unpaired) electrons. The van der Waals surface area contributed by atoms with Gasteiger partial charge in [0.05, 0.1) is 11.4 Å². The van der Waals surface area contributed by atoms with Crippen molar-refractivity contribution in [1.29, 1.82) is 0 Å². The number of hydrogen-bond donors (Lipinski definition) is 3. The first-order valence-electron chi connectivity index (χ1n) is 9.92. The van der Waals surface area contributed by atoms with E-state index >= 15 is 0 Å². The average Bonchev–Trinajstić information content (AvgIpc) is 3.12. The van der Waals surface area contributed by atoms with Crippen molar-refractivity contribution in [2.24, 2.45) is 5.92 Å². The van der Waals surface area contributed by atoms with Gasteiger partial charge in [-0.15, -0.1) is 0 Å². The molecular weight excluding hydrogens is 394 g/mol. The van der Waals surface area contributed by atoms with Crippen molar-refractivity contribution in [2.45, 2.75) is 57.0 Å². The maximum Gasteiger partial charge on any atom is 0.317 e. The third kappa shape index (κ3) is 6.52. The van der Waals surface area contributed by atoms with E-state index in [9.17, 15) is 18.0 Å². The van der Waals surface area contributed by atoms with E-state index in [0.29, 0.717) is 38.3 Å². The zero-order valence-corrected chi connectivity index (χ0v) is 18.0. The van der Waals surface area contributed by atoms with Crippen LogP contribution in [0.2, 0.25) is 0 Å². The number of amides is 1. The summed E-state index contributed by atoms with van der Waals surface area (Å²) in [7, 11) is -3.76. The molecule has 1 heterocycles. The van der Waals surface area contributed by atoms with Crippen molar-refractivity contribution < 1.29 is 23.1 Å². The zero-order valence-electron chi connectivity index (χ0n) is 17.2. The molecule has 0 aromatic heterocycles. The molecule has 1 aliphatic rings. The van der Waals surface area contributed by atoms with Crippen LogP contribution in [0, 0.1) is 12.8 Å². The number of sulfonamides is 1. The highest BCUT2D eigenvalue weighted by molar-refractivity contribution is 7.89. The number of nitrogens with zero attached hydrogens (tertiary/aromatic N) is 1. The Bertz CT molecular complexity index is 808. The summed E-state index contributed by atoms with van der Waals surface area (Å²) in [5.41, 5.74) is 0.963. The van der Waals surface area contributed by atoms with Crippen LogP contribution < -0.4 is 10.6 Å². The quantitative estimate of drug-likeness (QED) is 0.521. The van der Waals surface area contributed by atoms with E-state index < -0.39 is 22.0 Å². The van der Waals surface area contributed by atoms with E-state index in [2.05, 4.69) is 10.6 Å². The first kappa shape index (κ1) is 23.3. The van der Waals surface area contributed by atoms with E-state index in [1.807, 2.05) is 20.8 Å². The number of aryl methyl sites for hydroxylation is 1. The number of hydrogen-bond acceptors (Lipinski definition) is 5. The summed E-state index contributed by atoms with van der Waals surface area (Å²) in [4.78, 5) is 23.8. The molecule has 1 aromatic rings. The summed E-state index contributed by atoms with van der Waals surface area (Å²) >= 11 is 0. The fraction of sp³-hybridized carbons (Fsp3) is 0.600. The van der Waals surface area contributed by atoms with Crippen LogP contribution in [0.4, 0.5) is 0 Å². The van der Waals surface area contributed by atoms with Gasteiger partial charge in [0.25, 0.3) is 0 Å². The molecule has 1 saturated heterocycles. The molecule has 0 aliphatic carbocycles. The standard InChI is InChI=1S/C20H31N3O5S/c1-14(2)11-16(12-21-13-19(24)25)22-20(26)18-5-4-10-23(18)29(27,28)17-8-6-15(3)7-9-17/h6-9,14,16,18,21H,4-5,10-13H2,1-3H3,(H,22,26)(H,24,25)/t16-,18+/m0/s1. The Labute approximate surface area is 172 Å². The molecule has 0 saturated carbocycles. The highest BCUT2D eigenvalue weighted by Crippen LogP contribution is 2.26. The van der Waals surface area contributed by atoms with Crippen LogP contribution in [0.15, 0.2) is 29.2 Å². The first-order chi connectivity index (χ1) is 13.6. The fourth-order valence-corrected chi connectivity index (χ4v) is 5.20. The molecule has 9 heteroatoms. The van der Waals surface area contributed by atoms with Gasteiger partial charge in [-0.05, 0) is 44.2 Å². The molecule has 3 N–H and O–H groups in total. The second-order valence-corrected chi connectivity index (χ2v) is 9.84. The molecule has 1 fully saturated rings. The molecule has 2 atom stereocenters. The van der Waals surface area contributed by atoms with Crippen LogP contribution in [0.1, 0.15) is 38.7 Å². The van der Waals surface area contributed by atoms with Gasteiger partial charge >= 0.3 is 5.97 Å². The molecule has 1 aliphatic heterocycles. The minimum absolute atomic E-state index is 0.185. The smallest absolute Gasteiger partial charge is 0.317 e. The molecule has 0 spiro atoms. The monoisotopic (exact) mass is 425 g/mol. The van der Waals surface area contributed by atoms with E-state index in [-0.39, 0.29) is 23.4 Å². The lowest BCUT2D eigenvalue weighted by Crippen LogP contribution is -2.51. The summed E-state index contributed by atoms with van der Waals surface area (Å²) in [6.45, 7) is 6.34. The molecule has 1 aromatic carbocycles. The number of carboxylic acid groups (broad SMARTS) is 1. The van der Waals surface area contributed by atoms with Gasteiger partial charge < -0.3 is 15.7 Å². The third-order valence-corrected chi connectivity index (χ3v) is 6.83. The summed E-state index contributed by atoms with van der Waals surface area (Å²) in [6, 6.07) is 5.59. The van der Waals surface area contributed by atoms with Crippen molar-refractivity contribution in [3.05, 3.63) is 29.8 Å². The topological polar surface area (TPSA) is 116 Å². The molecule has 0 unspecified atom stereocenters. The second-order valence-electron chi connectivity index (χ2n) is 7.95. The predicted octanol–water partition coefficient (Wildman–Crippen LogP) is 1.35. The molecule has 0 bridgehead atoms. The van der Waals surface area contributed by atoms with Crippen molar-refractivity contribution >= 4 is 21.9 Å². The van der Waals surface area contributed by atoms with Gasteiger partial charge in [-0.25, -0.2) is 8.42 Å². The Morgan fingerprint density at radius 2 is 1.90 bits per heavy atom. The summed E-state index contributed by atoms with van der Waals surface area (Å²) < 4.78 is 27.4. The summed E-state index contributed by atoms with van der Waals surface area (Å²) in [5, 5.41) is 14.5. The lowest BCUT2D eigenvalue weighted by molar-refractivity contribution is -0.135. The number of benzene rings is 1. The van der Waals surface area contributed by atoms with Gasteiger partial charge in [-0.3, -0.25) is 9.59 Å². The van der Waals surface area contributed by atoms with E-state index in [1.165, 1.54) is 4.31 Å². The minimum Gasteiger partial charge on any atom is -0.480 e. The van der Waals surface area contributed by atoms with E-state index in [4.69, 9.17) is 5.11 Å². The van der Waals surface area contributed by atoms with Crippen molar-refractivity contribution in [3.8, 4) is 0 Å². The molecule has 162 valence electrons. The summed E-state index contributed by atoms with van der Waals surface area (Å²) in [6.07, 6.45) is 1.75. The van der Waals surface area contributed by atoms with Crippen LogP contribution in [-0.4, -0.2) is 61.4 Å².